The van der Waals surface area contributed by atoms with Crippen LogP contribution >= 0.6 is 22.6 Å². The van der Waals surface area contributed by atoms with Gasteiger partial charge in [-0.25, -0.2) is 4.39 Å². The van der Waals surface area contributed by atoms with E-state index in [9.17, 15) is 4.39 Å². The van der Waals surface area contributed by atoms with E-state index in [0.29, 0.717) is 0 Å². The van der Waals surface area contributed by atoms with Gasteiger partial charge in [0, 0.05) is 5.92 Å². The molecule has 2 heteroatoms. The molecule has 60 valence electrons. The van der Waals surface area contributed by atoms with Gasteiger partial charge < -0.3 is 0 Å². The first-order valence-corrected chi connectivity index (χ1v) is 4.79. The Morgan fingerprint density at radius 2 is 1.82 bits per heavy atom. The summed E-state index contributed by atoms with van der Waals surface area (Å²) in [5.41, 5.74) is 1.06. The number of benzene rings is 1. The van der Waals surface area contributed by atoms with Gasteiger partial charge >= 0.3 is 0 Å². The van der Waals surface area contributed by atoms with Crippen LogP contribution in [0.25, 0.3) is 0 Å². The smallest absolute Gasteiger partial charge is 0.157 e. The molecule has 0 bridgehead atoms. The van der Waals surface area contributed by atoms with E-state index in [2.05, 4.69) is 0 Å². The highest BCUT2D eigenvalue weighted by Gasteiger charge is 2.13. The van der Waals surface area contributed by atoms with E-state index in [0.717, 1.165) is 5.56 Å². The average molecular weight is 264 g/mol. The maximum atomic E-state index is 12.8. The van der Waals surface area contributed by atoms with Gasteiger partial charge in [-0.3, -0.25) is 0 Å². The zero-order valence-corrected chi connectivity index (χ0v) is 8.45. The standard InChI is InChI=1S/C9H10FI/c1-7(9(10)11)8-5-3-2-4-6-8/h2-7,9H,1H3. The molecule has 2 unspecified atom stereocenters. The highest BCUT2D eigenvalue weighted by Crippen LogP contribution is 2.25. The van der Waals surface area contributed by atoms with Crippen LogP contribution in [0.5, 0.6) is 0 Å². The van der Waals surface area contributed by atoms with Gasteiger partial charge in [-0.2, -0.15) is 0 Å². The molecule has 0 aliphatic heterocycles. The molecular weight excluding hydrogens is 254 g/mol. The Morgan fingerprint density at radius 3 is 2.27 bits per heavy atom. The van der Waals surface area contributed by atoms with E-state index in [1.807, 2.05) is 37.3 Å². The highest BCUT2D eigenvalue weighted by molar-refractivity contribution is 14.1. The molecule has 0 amide bonds. The summed E-state index contributed by atoms with van der Waals surface area (Å²) in [6, 6.07) is 9.72. The van der Waals surface area contributed by atoms with Crippen LogP contribution in [-0.2, 0) is 0 Å². The van der Waals surface area contributed by atoms with Crippen molar-refractivity contribution in [3.63, 3.8) is 0 Å². The lowest BCUT2D eigenvalue weighted by Crippen LogP contribution is -2.01. The van der Waals surface area contributed by atoms with E-state index in [4.69, 9.17) is 0 Å². The largest absolute Gasteiger partial charge is 0.235 e. The van der Waals surface area contributed by atoms with Gasteiger partial charge in [-0.1, -0.05) is 37.3 Å². The molecule has 1 rings (SSSR count). The van der Waals surface area contributed by atoms with Crippen LogP contribution in [0.15, 0.2) is 30.3 Å². The molecule has 0 fully saturated rings. The van der Waals surface area contributed by atoms with Crippen LogP contribution < -0.4 is 0 Å². The Hall–Kier alpha value is -0.120. The van der Waals surface area contributed by atoms with Crippen molar-refractivity contribution in [2.45, 2.75) is 17.0 Å². The molecule has 2 atom stereocenters. The fourth-order valence-electron chi connectivity index (χ4n) is 0.902. The third kappa shape index (κ3) is 2.43. The number of alkyl halides is 2. The Morgan fingerprint density at radius 1 is 1.27 bits per heavy atom. The first-order chi connectivity index (χ1) is 5.22. The van der Waals surface area contributed by atoms with E-state index < -0.39 is 4.18 Å². The van der Waals surface area contributed by atoms with Crippen LogP contribution in [0.3, 0.4) is 0 Å². The summed E-state index contributed by atoms with van der Waals surface area (Å²) < 4.78 is 12.0. The molecule has 0 spiro atoms. The van der Waals surface area contributed by atoms with Gasteiger partial charge in [0.1, 0.15) is 0 Å². The van der Waals surface area contributed by atoms with Crippen LogP contribution in [0.1, 0.15) is 18.4 Å². The molecule has 0 saturated heterocycles. The minimum atomic E-state index is -0.796. The van der Waals surface area contributed by atoms with Crippen LogP contribution in [-0.4, -0.2) is 4.18 Å². The highest BCUT2D eigenvalue weighted by atomic mass is 127. The molecule has 0 heterocycles. The van der Waals surface area contributed by atoms with Crippen LogP contribution in [0.2, 0.25) is 0 Å². The van der Waals surface area contributed by atoms with Gasteiger partial charge in [-0.05, 0) is 28.2 Å². The summed E-state index contributed by atoms with van der Waals surface area (Å²) in [5.74, 6) is -0.00296. The van der Waals surface area contributed by atoms with Crippen molar-refractivity contribution in [3.8, 4) is 0 Å². The average Bonchev–Trinajstić information content (AvgIpc) is 2.05. The summed E-state index contributed by atoms with van der Waals surface area (Å²) in [7, 11) is 0. The molecule has 11 heavy (non-hydrogen) atoms. The monoisotopic (exact) mass is 264 g/mol. The molecule has 0 aliphatic carbocycles. The molecule has 0 nitrogen and oxygen atoms in total. The summed E-state index contributed by atoms with van der Waals surface area (Å²) in [6.07, 6.45) is 0. The summed E-state index contributed by atoms with van der Waals surface area (Å²) in [5, 5.41) is 0. The van der Waals surface area contributed by atoms with Gasteiger partial charge in [0.25, 0.3) is 0 Å². The molecule has 0 aromatic heterocycles. The zero-order valence-electron chi connectivity index (χ0n) is 6.30. The predicted octanol–water partition coefficient (Wildman–Crippen LogP) is 3.52. The summed E-state index contributed by atoms with van der Waals surface area (Å²) in [6.45, 7) is 1.90. The Kier molecular flexibility index (Phi) is 3.30. The van der Waals surface area contributed by atoms with Crippen LogP contribution in [0, 0.1) is 0 Å². The Balaban J connectivity index is 2.77. The van der Waals surface area contributed by atoms with Crippen LogP contribution in [0.4, 0.5) is 4.39 Å². The normalized spacial score (nSPS) is 15.9. The Labute approximate surface area is 80.0 Å². The lowest BCUT2D eigenvalue weighted by atomic mass is 10.0. The van der Waals surface area contributed by atoms with Crippen molar-refractivity contribution in [1.29, 1.82) is 0 Å². The van der Waals surface area contributed by atoms with Crippen molar-refractivity contribution >= 4 is 22.6 Å². The molecule has 0 radical (unpaired) electrons. The third-order valence-corrected chi connectivity index (χ3v) is 2.78. The van der Waals surface area contributed by atoms with E-state index in [1.54, 1.807) is 22.6 Å². The summed E-state index contributed by atoms with van der Waals surface area (Å²) >= 11 is 1.81. The topological polar surface area (TPSA) is 0 Å². The predicted molar refractivity (Wildman–Crippen MR) is 53.8 cm³/mol. The minimum Gasteiger partial charge on any atom is -0.235 e. The van der Waals surface area contributed by atoms with Crippen molar-refractivity contribution in [1.82, 2.24) is 0 Å². The second kappa shape index (κ2) is 4.04. The zero-order chi connectivity index (χ0) is 8.27. The van der Waals surface area contributed by atoms with Gasteiger partial charge in [-0.15, -0.1) is 0 Å². The van der Waals surface area contributed by atoms with Gasteiger partial charge in [0.05, 0.1) is 0 Å². The maximum absolute atomic E-state index is 12.8. The van der Waals surface area contributed by atoms with Gasteiger partial charge in [0.2, 0.25) is 0 Å². The third-order valence-electron chi connectivity index (χ3n) is 1.70. The number of hydrogen-bond acceptors (Lipinski definition) is 0. The molecule has 0 saturated carbocycles. The lowest BCUT2D eigenvalue weighted by Gasteiger charge is -2.10. The fourth-order valence-corrected chi connectivity index (χ4v) is 1.32. The van der Waals surface area contributed by atoms with Crippen molar-refractivity contribution in [2.24, 2.45) is 0 Å². The number of hydrogen-bond donors (Lipinski definition) is 0. The second-order valence-electron chi connectivity index (χ2n) is 2.53. The molecule has 0 N–H and O–H groups in total. The molecule has 1 aromatic rings. The van der Waals surface area contributed by atoms with E-state index >= 15 is 0 Å². The van der Waals surface area contributed by atoms with Crippen molar-refractivity contribution in [2.75, 3.05) is 0 Å². The van der Waals surface area contributed by atoms with E-state index in [-0.39, 0.29) is 5.92 Å². The summed E-state index contributed by atoms with van der Waals surface area (Å²) in [4.78, 5) is 0. The second-order valence-corrected chi connectivity index (χ2v) is 3.72. The lowest BCUT2D eigenvalue weighted by molar-refractivity contribution is 0.424. The quantitative estimate of drug-likeness (QED) is 0.566. The molecular formula is C9H10FI. The first-order valence-electron chi connectivity index (χ1n) is 3.55. The van der Waals surface area contributed by atoms with E-state index in [1.165, 1.54) is 0 Å². The SMILES string of the molecule is CC(c1ccccc1)C(F)I. The maximum Gasteiger partial charge on any atom is 0.157 e. The van der Waals surface area contributed by atoms with Crippen molar-refractivity contribution < 1.29 is 4.39 Å². The molecule has 0 aliphatic rings. The first kappa shape index (κ1) is 8.97. The minimum absolute atomic E-state index is 0.00296. The Bertz CT molecular complexity index is 208. The number of halogens is 2. The van der Waals surface area contributed by atoms with Gasteiger partial charge in [0.15, 0.2) is 4.18 Å². The van der Waals surface area contributed by atoms with Crippen molar-refractivity contribution in [3.05, 3.63) is 35.9 Å². The number of rotatable bonds is 2. The fraction of sp³-hybridized carbons (Fsp3) is 0.333. The molecule has 1 aromatic carbocycles.